The van der Waals surface area contributed by atoms with E-state index in [4.69, 9.17) is 0 Å². The highest BCUT2D eigenvalue weighted by molar-refractivity contribution is 5.78. The van der Waals surface area contributed by atoms with E-state index in [1.165, 1.54) is 32.1 Å². The van der Waals surface area contributed by atoms with Crippen LogP contribution >= 0.6 is 0 Å². The summed E-state index contributed by atoms with van der Waals surface area (Å²) < 4.78 is 0. The Morgan fingerprint density at radius 3 is 2.42 bits per heavy atom. The lowest BCUT2D eigenvalue weighted by Crippen LogP contribution is -2.54. The van der Waals surface area contributed by atoms with Gasteiger partial charge in [-0.05, 0) is 52.9 Å². The summed E-state index contributed by atoms with van der Waals surface area (Å²) in [6.07, 6.45) is 8.33. The molecule has 2 rings (SSSR count). The van der Waals surface area contributed by atoms with E-state index >= 15 is 0 Å². The molecule has 1 saturated carbocycles. The summed E-state index contributed by atoms with van der Waals surface area (Å²) in [5.41, 5.74) is 0.195. The molecule has 0 bridgehead atoms. The summed E-state index contributed by atoms with van der Waals surface area (Å²) >= 11 is 0. The minimum Gasteiger partial charge on any atom is -0.354 e. The summed E-state index contributed by atoms with van der Waals surface area (Å²) in [4.78, 5) is 14.6. The standard InChI is InChI=1S/C15H29N3O/c1-18(2)15(8-4-3-5-9-15)12-17-14(19)13-6-10-16-11-7-13/h13,16H,3-12H2,1-2H3,(H,17,19). The Morgan fingerprint density at radius 2 is 1.84 bits per heavy atom. The Balaban J connectivity index is 1.86. The van der Waals surface area contributed by atoms with E-state index in [2.05, 4.69) is 29.6 Å². The van der Waals surface area contributed by atoms with E-state index in [-0.39, 0.29) is 17.4 Å². The molecule has 0 spiro atoms. The zero-order valence-corrected chi connectivity index (χ0v) is 12.5. The second-order valence-electron chi connectivity index (χ2n) is 6.42. The zero-order valence-electron chi connectivity index (χ0n) is 12.5. The minimum atomic E-state index is 0.195. The lowest BCUT2D eigenvalue weighted by Gasteiger charge is -2.43. The number of likely N-dealkylation sites (N-methyl/N-ethyl adjacent to an activating group) is 1. The van der Waals surface area contributed by atoms with Crippen LogP contribution in [0.2, 0.25) is 0 Å². The monoisotopic (exact) mass is 267 g/mol. The molecule has 4 heteroatoms. The predicted molar refractivity (Wildman–Crippen MR) is 78.1 cm³/mol. The van der Waals surface area contributed by atoms with Crippen LogP contribution in [0, 0.1) is 5.92 Å². The quantitative estimate of drug-likeness (QED) is 0.808. The van der Waals surface area contributed by atoms with Crippen LogP contribution in [0.15, 0.2) is 0 Å². The van der Waals surface area contributed by atoms with Gasteiger partial charge in [0.1, 0.15) is 0 Å². The molecule has 4 nitrogen and oxygen atoms in total. The van der Waals surface area contributed by atoms with Crippen molar-refractivity contribution in [2.24, 2.45) is 5.92 Å². The molecule has 0 atom stereocenters. The van der Waals surface area contributed by atoms with Gasteiger partial charge in [0.2, 0.25) is 5.91 Å². The van der Waals surface area contributed by atoms with Gasteiger partial charge in [0.25, 0.3) is 0 Å². The van der Waals surface area contributed by atoms with Crippen molar-refractivity contribution in [3.05, 3.63) is 0 Å². The molecule has 1 aliphatic carbocycles. The highest BCUT2D eigenvalue weighted by Gasteiger charge is 2.35. The topological polar surface area (TPSA) is 44.4 Å². The van der Waals surface area contributed by atoms with Crippen molar-refractivity contribution in [1.82, 2.24) is 15.5 Å². The number of nitrogens with one attached hydrogen (secondary N) is 2. The number of carbonyl (C=O) groups excluding carboxylic acids is 1. The zero-order chi connectivity index (χ0) is 13.7. The first-order chi connectivity index (χ1) is 9.14. The van der Waals surface area contributed by atoms with Gasteiger partial charge in [0, 0.05) is 18.0 Å². The highest BCUT2D eigenvalue weighted by atomic mass is 16.1. The SMILES string of the molecule is CN(C)C1(CNC(=O)C2CCNCC2)CCCCC1. The predicted octanol–water partition coefficient (Wildman–Crippen LogP) is 1.37. The summed E-state index contributed by atoms with van der Waals surface area (Å²) in [5, 5.41) is 6.55. The van der Waals surface area contributed by atoms with E-state index in [1.54, 1.807) is 0 Å². The van der Waals surface area contributed by atoms with Gasteiger partial charge in [-0.15, -0.1) is 0 Å². The molecule has 1 aliphatic heterocycles. The van der Waals surface area contributed by atoms with E-state index in [9.17, 15) is 4.79 Å². The van der Waals surface area contributed by atoms with Crippen LogP contribution in [0.3, 0.4) is 0 Å². The Bertz CT molecular complexity index is 292. The van der Waals surface area contributed by atoms with E-state index in [0.717, 1.165) is 32.5 Å². The van der Waals surface area contributed by atoms with Crippen molar-refractivity contribution in [3.8, 4) is 0 Å². The van der Waals surface area contributed by atoms with Crippen LogP contribution in [0.25, 0.3) is 0 Å². The molecule has 2 aliphatic rings. The first-order valence-corrected chi connectivity index (χ1v) is 7.80. The number of nitrogens with zero attached hydrogens (tertiary/aromatic N) is 1. The van der Waals surface area contributed by atoms with E-state index in [1.807, 2.05) is 0 Å². The van der Waals surface area contributed by atoms with Crippen LogP contribution < -0.4 is 10.6 Å². The van der Waals surface area contributed by atoms with Crippen molar-refractivity contribution in [2.45, 2.75) is 50.5 Å². The minimum absolute atomic E-state index is 0.195. The van der Waals surface area contributed by atoms with Gasteiger partial charge in [0.05, 0.1) is 0 Å². The van der Waals surface area contributed by atoms with E-state index < -0.39 is 0 Å². The molecule has 1 heterocycles. The van der Waals surface area contributed by atoms with Gasteiger partial charge in [-0.3, -0.25) is 4.79 Å². The summed E-state index contributed by atoms with van der Waals surface area (Å²) in [7, 11) is 4.31. The Kier molecular flexibility index (Phi) is 5.22. The van der Waals surface area contributed by atoms with Crippen LogP contribution in [0.5, 0.6) is 0 Å². The molecule has 0 aromatic carbocycles. The van der Waals surface area contributed by atoms with E-state index in [0.29, 0.717) is 0 Å². The van der Waals surface area contributed by atoms with Gasteiger partial charge in [-0.2, -0.15) is 0 Å². The second kappa shape index (κ2) is 6.71. The third-order valence-corrected chi connectivity index (χ3v) is 5.03. The molecule has 0 unspecified atom stereocenters. The summed E-state index contributed by atoms with van der Waals surface area (Å²) in [6.45, 7) is 2.79. The highest BCUT2D eigenvalue weighted by Crippen LogP contribution is 2.31. The third-order valence-electron chi connectivity index (χ3n) is 5.03. The van der Waals surface area contributed by atoms with Crippen molar-refractivity contribution in [3.63, 3.8) is 0 Å². The van der Waals surface area contributed by atoms with Gasteiger partial charge in [-0.25, -0.2) is 0 Å². The molecule has 2 fully saturated rings. The third kappa shape index (κ3) is 3.69. The fourth-order valence-electron chi connectivity index (χ4n) is 3.47. The Labute approximate surface area is 117 Å². The number of hydrogen-bond acceptors (Lipinski definition) is 3. The molecule has 1 amide bonds. The van der Waals surface area contributed by atoms with Crippen molar-refractivity contribution < 1.29 is 4.79 Å². The van der Waals surface area contributed by atoms with Gasteiger partial charge in [0.15, 0.2) is 0 Å². The maximum atomic E-state index is 12.2. The van der Waals surface area contributed by atoms with Gasteiger partial charge < -0.3 is 15.5 Å². The Morgan fingerprint density at radius 1 is 1.21 bits per heavy atom. The van der Waals surface area contributed by atoms with Crippen molar-refractivity contribution in [2.75, 3.05) is 33.7 Å². The molecule has 19 heavy (non-hydrogen) atoms. The number of carbonyl (C=O) groups is 1. The molecule has 0 radical (unpaired) electrons. The Hall–Kier alpha value is -0.610. The first kappa shape index (κ1) is 14.8. The maximum absolute atomic E-state index is 12.2. The number of hydrogen-bond donors (Lipinski definition) is 2. The number of amides is 1. The number of piperidine rings is 1. The first-order valence-electron chi connectivity index (χ1n) is 7.80. The van der Waals surface area contributed by atoms with Crippen molar-refractivity contribution in [1.29, 1.82) is 0 Å². The van der Waals surface area contributed by atoms with Crippen LogP contribution in [0.4, 0.5) is 0 Å². The fraction of sp³-hybridized carbons (Fsp3) is 0.933. The van der Waals surface area contributed by atoms with Crippen LogP contribution in [-0.2, 0) is 4.79 Å². The van der Waals surface area contributed by atoms with Gasteiger partial charge in [-0.1, -0.05) is 19.3 Å². The lowest BCUT2D eigenvalue weighted by atomic mass is 9.80. The molecule has 0 aromatic heterocycles. The molecule has 1 saturated heterocycles. The maximum Gasteiger partial charge on any atom is 0.223 e. The normalized spacial score (nSPS) is 24.4. The number of rotatable bonds is 4. The molecule has 0 aromatic rings. The smallest absolute Gasteiger partial charge is 0.223 e. The van der Waals surface area contributed by atoms with Crippen molar-refractivity contribution >= 4 is 5.91 Å². The van der Waals surface area contributed by atoms with Crippen LogP contribution in [0.1, 0.15) is 44.9 Å². The second-order valence-corrected chi connectivity index (χ2v) is 6.42. The average molecular weight is 267 g/mol. The summed E-state index contributed by atoms with van der Waals surface area (Å²) in [6, 6.07) is 0. The lowest BCUT2D eigenvalue weighted by molar-refractivity contribution is -0.126. The molecule has 2 N–H and O–H groups in total. The van der Waals surface area contributed by atoms with Gasteiger partial charge >= 0.3 is 0 Å². The van der Waals surface area contributed by atoms with Crippen LogP contribution in [-0.4, -0.2) is 50.1 Å². The molecular formula is C15H29N3O. The average Bonchev–Trinajstić information content (AvgIpc) is 2.46. The largest absolute Gasteiger partial charge is 0.354 e. The summed E-state index contributed by atoms with van der Waals surface area (Å²) in [5.74, 6) is 0.498. The fourth-order valence-corrected chi connectivity index (χ4v) is 3.47. The molecule has 110 valence electrons. The molecular weight excluding hydrogens is 238 g/mol.